The zero-order valence-electron chi connectivity index (χ0n) is 18.4. The smallest absolute Gasteiger partial charge is 0.0673 e. The molecule has 0 aliphatic heterocycles. The Hall–Kier alpha value is -3.64. The summed E-state index contributed by atoms with van der Waals surface area (Å²) in [5.41, 5.74) is 12.2. The van der Waals surface area contributed by atoms with Gasteiger partial charge >= 0.3 is 0 Å². The molecule has 0 heteroatoms. The van der Waals surface area contributed by atoms with Crippen molar-refractivity contribution in [3.8, 4) is 0 Å². The van der Waals surface area contributed by atoms with E-state index in [0.717, 1.165) is 12.8 Å². The molecule has 0 amide bonds. The fourth-order valence-electron chi connectivity index (χ4n) is 5.78. The van der Waals surface area contributed by atoms with E-state index in [1.54, 1.807) is 0 Å². The van der Waals surface area contributed by atoms with Crippen molar-refractivity contribution in [1.29, 1.82) is 0 Å². The minimum Gasteiger partial charge on any atom is -0.0795 e. The molecule has 0 unspecified atom stereocenters. The highest BCUT2D eigenvalue weighted by Gasteiger charge is 2.43. The normalized spacial score (nSPS) is 14.2. The van der Waals surface area contributed by atoms with Gasteiger partial charge in [0, 0.05) is 0 Å². The van der Waals surface area contributed by atoms with Crippen molar-refractivity contribution in [2.45, 2.75) is 25.2 Å². The molecule has 32 heavy (non-hydrogen) atoms. The molecule has 0 bridgehead atoms. The van der Waals surface area contributed by atoms with Gasteiger partial charge in [-0.2, -0.15) is 0 Å². The average molecular weight is 411 g/mol. The molecule has 4 aromatic carbocycles. The Labute approximate surface area is 190 Å². The van der Waals surface area contributed by atoms with Gasteiger partial charge in [-0.1, -0.05) is 115 Å². The molecule has 2 aliphatic rings. The number of hydrogen-bond acceptors (Lipinski definition) is 0. The number of aryl methyl sites for hydroxylation is 1. The quantitative estimate of drug-likeness (QED) is 0.305. The summed E-state index contributed by atoms with van der Waals surface area (Å²) in [4.78, 5) is 0. The van der Waals surface area contributed by atoms with Gasteiger partial charge in [0.15, 0.2) is 0 Å². The van der Waals surface area contributed by atoms with Crippen LogP contribution in [0, 0.1) is 6.92 Å². The summed E-state index contributed by atoms with van der Waals surface area (Å²) in [7, 11) is 0. The van der Waals surface area contributed by atoms with Crippen LogP contribution in [0.5, 0.6) is 0 Å². The largest absolute Gasteiger partial charge is 0.0795 e. The van der Waals surface area contributed by atoms with Crippen molar-refractivity contribution in [1.82, 2.24) is 0 Å². The molecular weight excluding hydrogens is 384 g/mol. The molecule has 0 N–H and O–H groups in total. The lowest BCUT2D eigenvalue weighted by Crippen LogP contribution is -2.33. The molecule has 0 saturated carbocycles. The predicted molar refractivity (Wildman–Crippen MR) is 135 cm³/mol. The predicted octanol–water partition coefficient (Wildman–Crippen LogP) is 7.54. The zero-order valence-corrected chi connectivity index (χ0v) is 18.4. The minimum absolute atomic E-state index is 0.339. The Kier molecular flexibility index (Phi) is 4.47. The van der Waals surface area contributed by atoms with E-state index in [1.165, 1.54) is 50.1 Å². The van der Waals surface area contributed by atoms with Gasteiger partial charge in [0.05, 0.1) is 5.41 Å². The van der Waals surface area contributed by atoms with Crippen LogP contribution in [0.1, 0.15) is 44.5 Å². The van der Waals surface area contributed by atoms with E-state index in [4.69, 9.17) is 0 Å². The first kappa shape index (κ1) is 19.1. The Bertz CT molecular complexity index is 1310. The number of allylic oxidation sites excluding steroid dienone is 2. The van der Waals surface area contributed by atoms with Crippen LogP contribution < -0.4 is 0 Å². The third-order valence-electron chi connectivity index (χ3n) is 7.26. The van der Waals surface area contributed by atoms with Gasteiger partial charge in [-0.3, -0.25) is 0 Å². The van der Waals surface area contributed by atoms with Crippen LogP contribution in [0.4, 0.5) is 0 Å². The second-order valence-corrected chi connectivity index (χ2v) is 8.96. The van der Waals surface area contributed by atoms with Gasteiger partial charge in [-0.15, -0.1) is 0 Å². The fourth-order valence-corrected chi connectivity index (χ4v) is 5.78. The van der Waals surface area contributed by atoms with Crippen LogP contribution in [-0.2, 0) is 18.3 Å². The highest BCUT2D eigenvalue weighted by molar-refractivity contribution is 5.77. The average Bonchev–Trinajstić information content (AvgIpc) is 3.50. The first-order valence-electron chi connectivity index (χ1n) is 11.5. The van der Waals surface area contributed by atoms with Crippen molar-refractivity contribution in [3.05, 3.63) is 153 Å². The molecule has 0 fully saturated rings. The third-order valence-corrected chi connectivity index (χ3v) is 7.26. The first-order chi connectivity index (χ1) is 15.8. The van der Waals surface area contributed by atoms with Crippen molar-refractivity contribution in [2.75, 3.05) is 0 Å². The second-order valence-electron chi connectivity index (χ2n) is 8.96. The maximum absolute atomic E-state index is 2.44. The Morgan fingerprint density at radius 1 is 0.688 bits per heavy atom. The van der Waals surface area contributed by atoms with Crippen molar-refractivity contribution in [3.63, 3.8) is 0 Å². The zero-order chi connectivity index (χ0) is 21.5. The van der Waals surface area contributed by atoms with Crippen LogP contribution >= 0.6 is 0 Å². The highest BCUT2D eigenvalue weighted by atomic mass is 14.4. The number of benzene rings is 4. The monoisotopic (exact) mass is 410 g/mol. The van der Waals surface area contributed by atoms with Gasteiger partial charge in [0.1, 0.15) is 0 Å². The molecule has 2 aliphatic carbocycles. The molecule has 0 spiro atoms. The van der Waals surface area contributed by atoms with Crippen molar-refractivity contribution in [2.24, 2.45) is 0 Å². The van der Waals surface area contributed by atoms with E-state index < -0.39 is 0 Å². The molecule has 0 atom stereocenters. The van der Waals surface area contributed by atoms with Gasteiger partial charge in [-0.25, -0.2) is 0 Å². The van der Waals surface area contributed by atoms with Crippen molar-refractivity contribution < 1.29 is 0 Å². The number of fused-ring (bicyclic) bond motifs is 2. The molecule has 0 nitrogen and oxygen atoms in total. The van der Waals surface area contributed by atoms with E-state index in [9.17, 15) is 0 Å². The van der Waals surface area contributed by atoms with Crippen molar-refractivity contribution >= 4 is 12.2 Å². The standard InChI is InChI=1S/C32H26/c1-23-19-20-31(30-18-10-17-29(23)30)32(26-13-4-2-5-14-26,27-15-6-3-7-16-27)28-21-24-11-8-9-12-25(24)22-28/h2-16,18-21H,17,22H2,1H3. The molecular formula is C32H26. The lowest BCUT2D eigenvalue weighted by Gasteiger charge is -2.39. The van der Waals surface area contributed by atoms with Gasteiger partial charge in [-0.05, 0) is 69.8 Å². The van der Waals surface area contributed by atoms with E-state index >= 15 is 0 Å². The van der Waals surface area contributed by atoms with Crippen LogP contribution in [-0.4, -0.2) is 0 Å². The molecule has 0 saturated heterocycles. The lowest BCUT2D eigenvalue weighted by molar-refractivity contribution is 0.710. The summed E-state index contributed by atoms with van der Waals surface area (Å²) >= 11 is 0. The second kappa shape index (κ2) is 7.50. The summed E-state index contributed by atoms with van der Waals surface area (Å²) in [5.74, 6) is 0. The van der Waals surface area contributed by atoms with Crippen LogP contribution in [0.2, 0.25) is 0 Å². The van der Waals surface area contributed by atoms with Crippen LogP contribution in [0.3, 0.4) is 0 Å². The lowest BCUT2D eigenvalue weighted by atomic mass is 9.62. The maximum Gasteiger partial charge on any atom is 0.0673 e. The summed E-state index contributed by atoms with van der Waals surface area (Å²) in [6.45, 7) is 2.24. The molecule has 154 valence electrons. The summed E-state index contributed by atoms with van der Waals surface area (Å²) < 4.78 is 0. The van der Waals surface area contributed by atoms with Crippen LogP contribution in [0.15, 0.2) is 109 Å². The topological polar surface area (TPSA) is 0 Å². The van der Waals surface area contributed by atoms with E-state index in [0.29, 0.717) is 0 Å². The maximum atomic E-state index is 2.44. The molecule has 0 radical (unpaired) electrons. The molecule has 0 heterocycles. The van der Waals surface area contributed by atoms with Gasteiger partial charge < -0.3 is 0 Å². The van der Waals surface area contributed by atoms with Gasteiger partial charge in [0.25, 0.3) is 0 Å². The summed E-state index contributed by atoms with van der Waals surface area (Å²) in [6, 6.07) is 35.7. The third kappa shape index (κ3) is 2.76. The van der Waals surface area contributed by atoms with E-state index in [-0.39, 0.29) is 5.41 Å². The minimum atomic E-state index is -0.339. The first-order valence-corrected chi connectivity index (χ1v) is 11.5. The van der Waals surface area contributed by atoms with Crippen LogP contribution in [0.25, 0.3) is 12.2 Å². The Balaban J connectivity index is 1.73. The number of rotatable bonds is 4. The highest BCUT2D eigenvalue weighted by Crippen LogP contribution is 2.51. The molecule has 0 aromatic heterocycles. The molecule has 4 aromatic rings. The molecule has 6 rings (SSSR count). The Morgan fingerprint density at radius 2 is 1.34 bits per heavy atom. The number of hydrogen-bond donors (Lipinski definition) is 0. The summed E-state index contributed by atoms with van der Waals surface area (Å²) in [5, 5.41) is 0. The Morgan fingerprint density at radius 3 is 2.03 bits per heavy atom. The SMILES string of the molecule is Cc1ccc(C(C2=Cc3ccccc3C2)(c2ccccc2)c2ccccc2)c2c1CC=C2. The van der Waals surface area contributed by atoms with Gasteiger partial charge in [0.2, 0.25) is 0 Å². The fraction of sp³-hybridized carbons (Fsp3) is 0.125. The van der Waals surface area contributed by atoms with E-state index in [2.05, 4.69) is 122 Å². The summed E-state index contributed by atoms with van der Waals surface area (Å²) in [6.07, 6.45) is 9.10. The van der Waals surface area contributed by atoms with E-state index in [1.807, 2.05) is 0 Å².